The predicted molar refractivity (Wildman–Crippen MR) is 106 cm³/mol. The lowest BCUT2D eigenvalue weighted by Gasteiger charge is -2.55. The van der Waals surface area contributed by atoms with E-state index in [-0.39, 0.29) is 11.4 Å². The average molecular weight is 386 g/mol. The summed E-state index contributed by atoms with van der Waals surface area (Å²) >= 11 is 0. The van der Waals surface area contributed by atoms with Gasteiger partial charge in [0.1, 0.15) is 5.82 Å². The molecule has 6 nitrogen and oxygen atoms in total. The van der Waals surface area contributed by atoms with E-state index in [2.05, 4.69) is 9.97 Å². The summed E-state index contributed by atoms with van der Waals surface area (Å²) in [5, 5.41) is 0. The first-order chi connectivity index (χ1) is 13.6. The van der Waals surface area contributed by atoms with Crippen molar-refractivity contribution in [3.05, 3.63) is 57.9 Å². The van der Waals surface area contributed by atoms with Crippen molar-refractivity contribution < 1.29 is 9.13 Å². The summed E-state index contributed by atoms with van der Waals surface area (Å²) in [6, 6.07) is 6.83. The molecule has 2 aliphatic heterocycles. The number of nitrogens with one attached hydrogen (secondary N) is 1. The first-order valence-electron chi connectivity index (χ1n) is 9.95. The van der Waals surface area contributed by atoms with Gasteiger partial charge >= 0.3 is 0 Å². The molecule has 0 atom stereocenters. The molecule has 28 heavy (non-hydrogen) atoms. The van der Waals surface area contributed by atoms with Crippen LogP contribution in [0.5, 0.6) is 0 Å². The lowest BCUT2D eigenvalue weighted by molar-refractivity contribution is -0.127. The summed E-state index contributed by atoms with van der Waals surface area (Å²) in [4.78, 5) is 21.0. The van der Waals surface area contributed by atoms with Crippen LogP contribution in [-0.4, -0.2) is 42.8 Å². The zero-order valence-corrected chi connectivity index (χ0v) is 16.0. The van der Waals surface area contributed by atoms with Crippen LogP contribution in [-0.2, 0) is 11.2 Å². The van der Waals surface area contributed by atoms with Crippen molar-refractivity contribution in [1.29, 1.82) is 0 Å². The second-order valence-corrected chi connectivity index (χ2v) is 8.11. The molecular weight excluding hydrogens is 359 g/mol. The van der Waals surface area contributed by atoms with Crippen molar-refractivity contribution >= 4 is 5.82 Å². The fraction of sp³-hybridized carbons (Fsp3) is 0.524. The van der Waals surface area contributed by atoms with E-state index in [1.54, 1.807) is 6.20 Å². The van der Waals surface area contributed by atoms with E-state index in [9.17, 15) is 9.18 Å². The molecule has 150 valence electrons. The molecule has 0 bridgehead atoms. The van der Waals surface area contributed by atoms with Crippen LogP contribution in [0.15, 0.2) is 35.3 Å². The number of benzene rings is 1. The Labute approximate surface area is 163 Å². The molecule has 0 unspecified atom stereocenters. The van der Waals surface area contributed by atoms with Crippen LogP contribution < -0.4 is 16.2 Å². The minimum atomic E-state index is -0.135. The molecule has 7 heteroatoms. The van der Waals surface area contributed by atoms with E-state index in [0.717, 1.165) is 50.8 Å². The Kier molecular flexibility index (Phi) is 5.46. The van der Waals surface area contributed by atoms with Gasteiger partial charge in [0.25, 0.3) is 5.56 Å². The number of aromatic nitrogens is 2. The highest BCUT2D eigenvalue weighted by atomic mass is 19.1. The lowest BCUT2D eigenvalue weighted by Crippen LogP contribution is -2.67. The number of aromatic amines is 1. The van der Waals surface area contributed by atoms with E-state index >= 15 is 0 Å². The zero-order valence-electron chi connectivity index (χ0n) is 16.0. The third kappa shape index (κ3) is 4.25. The molecule has 2 aromatic rings. The maximum atomic E-state index is 12.4. The van der Waals surface area contributed by atoms with Crippen molar-refractivity contribution in [2.45, 2.75) is 31.6 Å². The molecule has 1 aromatic carbocycles. The van der Waals surface area contributed by atoms with Gasteiger partial charge in [0, 0.05) is 19.3 Å². The molecule has 3 aliphatic rings. The Hall–Kier alpha value is -2.25. The summed E-state index contributed by atoms with van der Waals surface area (Å²) in [5.74, 6) is 1.15. The van der Waals surface area contributed by atoms with Crippen molar-refractivity contribution in [2.24, 2.45) is 11.1 Å². The maximum absolute atomic E-state index is 12.4. The standard InChI is InChI=1S/C12H18N4O2.C9H9F/c13-3-1-2-9-4-14-11(17)10(15-9)16-5-12(6-16)7-18-8-12;10-9-5-3-8(4-6-9)7-1-2-7/h4H,1-3,5-8,13H2,(H,14,17);3-7H,1-2H2. The molecular formula is C21H27FN4O2. The second-order valence-electron chi connectivity index (χ2n) is 8.11. The minimum absolute atomic E-state index is 0.110. The quantitative estimate of drug-likeness (QED) is 0.823. The SMILES string of the molecule is Fc1ccc(C2CC2)cc1.NCCCc1c[nH]c(=O)c(N2CC3(COC3)C2)n1. The number of hydrogen-bond acceptors (Lipinski definition) is 5. The smallest absolute Gasteiger partial charge is 0.290 e. The minimum Gasteiger partial charge on any atom is -0.380 e. The monoisotopic (exact) mass is 386 g/mol. The molecule has 1 aliphatic carbocycles. The number of hydrogen-bond donors (Lipinski definition) is 2. The highest BCUT2D eigenvalue weighted by molar-refractivity contribution is 5.42. The van der Waals surface area contributed by atoms with Crippen molar-refractivity contribution in [3.8, 4) is 0 Å². The summed E-state index contributed by atoms with van der Waals surface area (Å²) in [7, 11) is 0. The highest BCUT2D eigenvalue weighted by Crippen LogP contribution is 2.40. The maximum Gasteiger partial charge on any atom is 0.290 e. The third-order valence-corrected chi connectivity index (χ3v) is 5.55. The first kappa shape index (κ1) is 19.1. The van der Waals surface area contributed by atoms with Gasteiger partial charge in [-0.3, -0.25) is 4.79 Å². The molecule has 0 amide bonds. The molecule has 3 fully saturated rings. The van der Waals surface area contributed by atoms with Crippen molar-refractivity contribution in [1.82, 2.24) is 9.97 Å². The number of nitrogens with zero attached hydrogens (tertiary/aromatic N) is 2. The molecule has 1 saturated carbocycles. The lowest BCUT2D eigenvalue weighted by atomic mass is 9.78. The van der Waals surface area contributed by atoms with Gasteiger partial charge in [-0.05, 0) is 55.8 Å². The van der Waals surface area contributed by atoms with Gasteiger partial charge in [-0.1, -0.05) is 12.1 Å². The van der Waals surface area contributed by atoms with Gasteiger partial charge in [0.05, 0.1) is 24.3 Å². The van der Waals surface area contributed by atoms with Crippen LogP contribution in [0.25, 0.3) is 0 Å². The van der Waals surface area contributed by atoms with E-state index in [0.29, 0.717) is 17.8 Å². The van der Waals surface area contributed by atoms with Gasteiger partial charge in [-0.2, -0.15) is 0 Å². The normalized spacial score (nSPS) is 19.4. The van der Waals surface area contributed by atoms with Crippen LogP contribution >= 0.6 is 0 Å². The van der Waals surface area contributed by atoms with E-state index in [1.807, 2.05) is 17.0 Å². The topological polar surface area (TPSA) is 84.2 Å². The fourth-order valence-corrected chi connectivity index (χ4v) is 3.70. The fourth-order valence-electron chi connectivity index (χ4n) is 3.70. The van der Waals surface area contributed by atoms with Gasteiger partial charge in [-0.25, -0.2) is 9.37 Å². The number of H-pyrrole nitrogens is 1. The van der Waals surface area contributed by atoms with Gasteiger partial charge in [0.2, 0.25) is 0 Å². The highest BCUT2D eigenvalue weighted by Gasteiger charge is 2.50. The molecule has 0 radical (unpaired) electrons. The summed E-state index contributed by atoms with van der Waals surface area (Å²) in [6.45, 7) is 4.02. The second kappa shape index (κ2) is 8.01. The van der Waals surface area contributed by atoms with Crippen LogP contribution in [0, 0.1) is 11.2 Å². The third-order valence-electron chi connectivity index (χ3n) is 5.55. The predicted octanol–water partition coefficient (Wildman–Crippen LogP) is 2.20. The van der Waals surface area contributed by atoms with Crippen molar-refractivity contribution in [2.75, 3.05) is 37.7 Å². The number of rotatable bonds is 5. The Morgan fingerprint density at radius 2 is 1.96 bits per heavy atom. The Balaban J connectivity index is 0.000000162. The van der Waals surface area contributed by atoms with Gasteiger partial charge < -0.3 is 20.4 Å². The molecule has 2 saturated heterocycles. The van der Waals surface area contributed by atoms with Crippen LogP contribution in [0.3, 0.4) is 0 Å². The van der Waals surface area contributed by atoms with Gasteiger partial charge in [0.15, 0.2) is 5.82 Å². The summed E-state index contributed by atoms with van der Waals surface area (Å²) < 4.78 is 17.6. The Morgan fingerprint density at radius 3 is 2.54 bits per heavy atom. The zero-order chi connectivity index (χ0) is 19.6. The molecule has 3 heterocycles. The van der Waals surface area contributed by atoms with Gasteiger partial charge in [-0.15, -0.1) is 0 Å². The van der Waals surface area contributed by atoms with E-state index < -0.39 is 0 Å². The average Bonchev–Trinajstić information content (AvgIpc) is 3.46. The number of nitrogens with two attached hydrogens (primary N) is 1. The Bertz CT molecular complexity index is 851. The number of ether oxygens (including phenoxy) is 1. The van der Waals surface area contributed by atoms with Crippen LogP contribution in [0.2, 0.25) is 0 Å². The Morgan fingerprint density at radius 1 is 1.25 bits per heavy atom. The van der Waals surface area contributed by atoms with Crippen LogP contribution in [0.1, 0.15) is 36.4 Å². The molecule has 1 spiro atoms. The number of anilines is 1. The molecule has 5 rings (SSSR count). The largest absolute Gasteiger partial charge is 0.380 e. The number of aryl methyl sites for hydroxylation is 1. The van der Waals surface area contributed by atoms with E-state index in [4.69, 9.17) is 10.5 Å². The summed E-state index contributed by atoms with van der Waals surface area (Å²) in [5.41, 5.74) is 7.86. The molecule has 3 N–H and O–H groups in total. The summed E-state index contributed by atoms with van der Waals surface area (Å²) in [6.07, 6.45) is 5.94. The molecule has 1 aromatic heterocycles. The van der Waals surface area contributed by atoms with Crippen molar-refractivity contribution in [3.63, 3.8) is 0 Å². The first-order valence-corrected chi connectivity index (χ1v) is 9.95. The van der Waals surface area contributed by atoms with E-state index in [1.165, 1.54) is 30.5 Å². The number of halogens is 1. The van der Waals surface area contributed by atoms with Crippen LogP contribution in [0.4, 0.5) is 10.2 Å².